The van der Waals surface area contributed by atoms with Gasteiger partial charge in [-0.3, -0.25) is 14.5 Å². The minimum absolute atomic E-state index is 0.0127. The maximum absolute atomic E-state index is 13.2. The van der Waals surface area contributed by atoms with Gasteiger partial charge in [0.15, 0.2) is 0 Å². The molecule has 3 N–H and O–H groups in total. The second-order valence-corrected chi connectivity index (χ2v) is 6.76. The quantitative estimate of drug-likeness (QED) is 0.687. The summed E-state index contributed by atoms with van der Waals surface area (Å²) in [5.74, 6) is -2.25. The summed E-state index contributed by atoms with van der Waals surface area (Å²) in [5.41, 5.74) is 0.441. The first-order chi connectivity index (χ1) is 13.4. The van der Waals surface area contributed by atoms with E-state index in [-0.39, 0.29) is 35.7 Å². The molecule has 0 spiro atoms. The summed E-state index contributed by atoms with van der Waals surface area (Å²) in [6, 6.07) is 9.37. The molecule has 2 aromatic rings. The average molecular weight is 389 g/mol. The molecule has 6 nitrogen and oxygen atoms in total. The second kappa shape index (κ2) is 8.79. The van der Waals surface area contributed by atoms with Crippen LogP contribution in [0.1, 0.15) is 12.8 Å². The molecule has 0 radical (unpaired) electrons. The third-order valence-electron chi connectivity index (χ3n) is 4.63. The standard InChI is InChI=1S/C20H21F2N3O3/c21-14-9-15(22)11-16(10-14)23-19(27)12-25-7-5-13(6-8-25)20(28)24-17-3-1-2-4-18(17)26/h1-4,9-11,13,26H,5-8,12H2,(H,23,27)(H,24,28). The minimum Gasteiger partial charge on any atom is -0.506 e. The Kier molecular flexibility index (Phi) is 6.20. The van der Waals surface area contributed by atoms with Crippen LogP contribution >= 0.6 is 0 Å². The van der Waals surface area contributed by atoms with E-state index >= 15 is 0 Å². The highest BCUT2D eigenvalue weighted by molar-refractivity contribution is 5.94. The molecule has 3 rings (SSSR count). The van der Waals surface area contributed by atoms with Gasteiger partial charge in [0.05, 0.1) is 12.2 Å². The highest BCUT2D eigenvalue weighted by Gasteiger charge is 2.26. The number of rotatable bonds is 5. The Bertz CT molecular complexity index is 847. The van der Waals surface area contributed by atoms with Crippen LogP contribution in [0.3, 0.4) is 0 Å². The normalized spacial score (nSPS) is 15.2. The van der Waals surface area contributed by atoms with Gasteiger partial charge in [0, 0.05) is 17.7 Å². The molecule has 8 heteroatoms. The predicted octanol–water partition coefficient (Wildman–Crippen LogP) is 2.96. The number of likely N-dealkylation sites (tertiary alicyclic amines) is 1. The first kappa shape index (κ1) is 19.8. The molecule has 0 bridgehead atoms. The molecule has 2 amide bonds. The fraction of sp³-hybridized carbons (Fsp3) is 0.300. The minimum atomic E-state index is -0.758. The highest BCUT2D eigenvalue weighted by Crippen LogP contribution is 2.24. The molecule has 0 unspecified atom stereocenters. The summed E-state index contributed by atoms with van der Waals surface area (Å²) in [6.07, 6.45) is 1.14. The van der Waals surface area contributed by atoms with E-state index in [0.717, 1.165) is 18.2 Å². The SMILES string of the molecule is O=C(CN1CCC(C(=O)Nc2ccccc2O)CC1)Nc1cc(F)cc(F)c1. The number of amides is 2. The van der Waals surface area contributed by atoms with E-state index in [1.807, 2.05) is 4.90 Å². The van der Waals surface area contributed by atoms with E-state index in [0.29, 0.717) is 31.6 Å². The van der Waals surface area contributed by atoms with Crippen molar-refractivity contribution in [3.05, 3.63) is 54.1 Å². The first-order valence-electron chi connectivity index (χ1n) is 8.98. The van der Waals surface area contributed by atoms with Crippen LogP contribution in [0.5, 0.6) is 5.75 Å². The van der Waals surface area contributed by atoms with Crippen molar-refractivity contribution in [2.45, 2.75) is 12.8 Å². The van der Waals surface area contributed by atoms with Crippen molar-refractivity contribution < 1.29 is 23.5 Å². The lowest BCUT2D eigenvalue weighted by atomic mass is 9.95. The zero-order valence-electron chi connectivity index (χ0n) is 15.1. The van der Waals surface area contributed by atoms with Crippen LogP contribution in [0.2, 0.25) is 0 Å². The maximum atomic E-state index is 13.2. The van der Waals surface area contributed by atoms with Gasteiger partial charge in [0.1, 0.15) is 17.4 Å². The number of aromatic hydroxyl groups is 1. The lowest BCUT2D eigenvalue weighted by Crippen LogP contribution is -2.41. The number of anilines is 2. The number of benzene rings is 2. The molecule has 0 atom stereocenters. The maximum Gasteiger partial charge on any atom is 0.238 e. The van der Waals surface area contributed by atoms with E-state index < -0.39 is 11.6 Å². The van der Waals surface area contributed by atoms with Crippen LogP contribution in [0.4, 0.5) is 20.2 Å². The molecule has 1 aliphatic rings. The number of halogens is 2. The molecule has 0 aromatic heterocycles. The number of phenolic OH excluding ortho intramolecular Hbond substituents is 1. The van der Waals surface area contributed by atoms with E-state index in [2.05, 4.69) is 10.6 Å². The van der Waals surface area contributed by atoms with Crippen molar-refractivity contribution in [3.63, 3.8) is 0 Å². The summed E-state index contributed by atoms with van der Waals surface area (Å²) < 4.78 is 26.4. The molecule has 1 saturated heterocycles. The molecule has 1 aliphatic heterocycles. The van der Waals surface area contributed by atoms with Gasteiger partial charge in [-0.05, 0) is 50.2 Å². The Balaban J connectivity index is 1.46. The number of nitrogens with one attached hydrogen (secondary N) is 2. The number of nitrogens with zero attached hydrogens (tertiary/aromatic N) is 1. The zero-order valence-corrected chi connectivity index (χ0v) is 15.1. The summed E-state index contributed by atoms with van der Waals surface area (Å²) >= 11 is 0. The lowest BCUT2D eigenvalue weighted by molar-refractivity contribution is -0.121. The van der Waals surface area contributed by atoms with Gasteiger partial charge >= 0.3 is 0 Å². The van der Waals surface area contributed by atoms with E-state index in [4.69, 9.17) is 0 Å². The molecule has 148 valence electrons. The van der Waals surface area contributed by atoms with Gasteiger partial charge in [-0.15, -0.1) is 0 Å². The monoisotopic (exact) mass is 389 g/mol. The van der Waals surface area contributed by atoms with Crippen LogP contribution in [0, 0.1) is 17.6 Å². The summed E-state index contributed by atoms with van der Waals surface area (Å²) in [6.45, 7) is 1.17. The Morgan fingerprint density at radius 2 is 1.68 bits per heavy atom. The van der Waals surface area contributed by atoms with Crippen molar-refractivity contribution in [3.8, 4) is 5.75 Å². The van der Waals surface area contributed by atoms with E-state index in [1.54, 1.807) is 18.2 Å². The first-order valence-corrected chi connectivity index (χ1v) is 8.98. The third kappa shape index (κ3) is 5.26. The summed E-state index contributed by atoms with van der Waals surface area (Å²) in [7, 11) is 0. The topological polar surface area (TPSA) is 81.7 Å². The van der Waals surface area contributed by atoms with Crippen LogP contribution in [0.25, 0.3) is 0 Å². The van der Waals surface area contributed by atoms with Crippen LogP contribution < -0.4 is 10.6 Å². The number of hydrogen-bond acceptors (Lipinski definition) is 4. The molecule has 0 saturated carbocycles. The Morgan fingerprint density at radius 3 is 2.32 bits per heavy atom. The van der Waals surface area contributed by atoms with Crippen LogP contribution in [0.15, 0.2) is 42.5 Å². The number of carbonyl (C=O) groups is 2. The zero-order chi connectivity index (χ0) is 20.1. The van der Waals surface area contributed by atoms with Crippen LogP contribution in [-0.2, 0) is 9.59 Å². The van der Waals surface area contributed by atoms with Crippen molar-refractivity contribution in [2.24, 2.45) is 5.92 Å². The largest absolute Gasteiger partial charge is 0.506 e. The van der Waals surface area contributed by atoms with E-state index in [9.17, 15) is 23.5 Å². The third-order valence-corrected chi connectivity index (χ3v) is 4.63. The number of para-hydroxylation sites is 2. The number of phenols is 1. The molecule has 2 aromatic carbocycles. The number of hydrogen-bond donors (Lipinski definition) is 3. The average Bonchev–Trinajstić information content (AvgIpc) is 2.63. The smallest absolute Gasteiger partial charge is 0.238 e. The van der Waals surface area contributed by atoms with Gasteiger partial charge in [0.25, 0.3) is 0 Å². The van der Waals surface area contributed by atoms with Crippen LogP contribution in [-0.4, -0.2) is 41.5 Å². The highest BCUT2D eigenvalue weighted by atomic mass is 19.1. The lowest BCUT2D eigenvalue weighted by Gasteiger charge is -2.30. The molecular weight excluding hydrogens is 368 g/mol. The molecule has 1 heterocycles. The fourth-order valence-corrected chi connectivity index (χ4v) is 3.20. The Hall–Kier alpha value is -3.00. The van der Waals surface area contributed by atoms with Gasteiger partial charge in [-0.1, -0.05) is 12.1 Å². The molecule has 0 aliphatic carbocycles. The number of piperidine rings is 1. The number of carbonyl (C=O) groups excluding carboxylic acids is 2. The predicted molar refractivity (Wildman–Crippen MR) is 101 cm³/mol. The van der Waals surface area contributed by atoms with Gasteiger partial charge < -0.3 is 15.7 Å². The molecular formula is C20H21F2N3O3. The Morgan fingerprint density at radius 1 is 1.04 bits per heavy atom. The molecule has 1 fully saturated rings. The fourth-order valence-electron chi connectivity index (χ4n) is 3.20. The Labute approximate surface area is 161 Å². The van der Waals surface area contributed by atoms with Gasteiger partial charge in [-0.2, -0.15) is 0 Å². The summed E-state index contributed by atoms with van der Waals surface area (Å²) in [4.78, 5) is 26.3. The van der Waals surface area contributed by atoms with Crippen molar-refractivity contribution in [1.29, 1.82) is 0 Å². The molecule has 28 heavy (non-hydrogen) atoms. The van der Waals surface area contributed by atoms with Crippen molar-refractivity contribution in [2.75, 3.05) is 30.3 Å². The van der Waals surface area contributed by atoms with Crippen molar-refractivity contribution >= 4 is 23.2 Å². The second-order valence-electron chi connectivity index (χ2n) is 6.76. The van der Waals surface area contributed by atoms with Gasteiger partial charge in [-0.25, -0.2) is 8.78 Å². The van der Waals surface area contributed by atoms with Gasteiger partial charge in [0.2, 0.25) is 11.8 Å². The van der Waals surface area contributed by atoms with Crippen molar-refractivity contribution in [1.82, 2.24) is 4.90 Å². The van der Waals surface area contributed by atoms with E-state index in [1.165, 1.54) is 6.07 Å². The summed E-state index contributed by atoms with van der Waals surface area (Å²) in [5, 5.41) is 14.9.